The Bertz CT molecular complexity index is 426. The van der Waals surface area contributed by atoms with Crippen molar-refractivity contribution in [1.29, 1.82) is 0 Å². The van der Waals surface area contributed by atoms with Gasteiger partial charge in [-0.05, 0) is 13.3 Å². The molecule has 2 rings (SSSR count). The van der Waals surface area contributed by atoms with Crippen molar-refractivity contribution in [1.82, 2.24) is 15.3 Å². The van der Waals surface area contributed by atoms with Gasteiger partial charge in [-0.3, -0.25) is 0 Å². The molecule has 1 aromatic heterocycles. The van der Waals surface area contributed by atoms with Gasteiger partial charge in [-0.2, -0.15) is 4.98 Å². The first-order valence-electron chi connectivity index (χ1n) is 5.80. The van der Waals surface area contributed by atoms with Crippen LogP contribution in [0, 0.1) is 0 Å². The summed E-state index contributed by atoms with van der Waals surface area (Å²) >= 11 is 0. The van der Waals surface area contributed by atoms with Crippen molar-refractivity contribution in [3.05, 3.63) is 21.7 Å². The average molecular weight is 222 g/mol. The molecule has 0 saturated carbocycles. The van der Waals surface area contributed by atoms with Crippen LogP contribution < -0.4 is 16.3 Å². The lowest BCUT2D eigenvalue weighted by Crippen LogP contribution is -2.31. The molecule has 1 aliphatic heterocycles. The van der Waals surface area contributed by atoms with Gasteiger partial charge in [0, 0.05) is 36.8 Å². The molecule has 1 unspecified atom stereocenters. The van der Waals surface area contributed by atoms with Crippen LogP contribution in [0.3, 0.4) is 0 Å². The van der Waals surface area contributed by atoms with Crippen LogP contribution in [0.4, 0.5) is 5.82 Å². The summed E-state index contributed by atoms with van der Waals surface area (Å²) in [4.78, 5) is 18.2. The minimum absolute atomic E-state index is 0.258. The molecule has 2 heterocycles. The van der Waals surface area contributed by atoms with Crippen molar-refractivity contribution in [2.75, 3.05) is 11.9 Å². The summed E-state index contributed by atoms with van der Waals surface area (Å²) in [6, 6.07) is 0.334. The molecule has 5 heteroatoms. The number of aromatic nitrogens is 2. The first-order valence-corrected chi connectivity index (χ1v) is 5.80. The molecule has 1 aromatic rings. The molecule has 0 radical (unpaired) electrons. The van der Waals surface area contributed by atoms with Gasteiger partial charge in [0.25, 0.3) is 0 Å². The molecule has 88 valence electrons. The zero-order valence-corrected chi connectivity index (χ0v) is 9.76. The Balaban J connectivity index is 2.35. The molecule has 0 fully saturated rings. The number of fused-ring (bicyclic) bond motifs is 1. The zero-order valence-electron chi connectivity index (χ0n) is 9.76. The smallest absolute Gasteiger partial charge is 0.347 e. The first-order chi connectivity index (χ1) is 7.70. The van der Waals surface area contributed by atoms with Crippen LogP contribution in [0.1, 0.15) is 31.5 Å². The second-order valence-electron chi connectivity index (χ2n) is 4.23. The maximum absolute atomic E-state index is 11.4. The number of rotatable bonds is 3. The van der Waals surface area contributed by atoms with Gasteiger partial charge in [0.15, 0.2) is 0 Å². The molecule has 0 bridgehead atoms. The molecule has 16 heavy (non-hydrogen) atoms. The molecular formula is C11H18N4O. The lowest BCUT2D eigenvalue weighted by atomic mass is 10.1. The van der Waals surface area contributed by atoms with Gasteiger partial charge in [0.2, 0.25) is 0 Å². The average Bonchev–Trinajstić information content (AvgIpc) is 2.28. The van der Waals surface area contributed by atoms with Crippen LogP contribution in [0.15, 0.2) is 4.79 Å². The van der Waals surface area contributed by atoms with Crippen molar-refractivity contribution in [2.24, 2.45) is 0 Å². The van der Waals surface area contributed by atoms with Crippen molar-refractivity contribution < 1.29 is 0 Å². The second kappa shape index (κ2) is 4.65. The molecule has 5 nitrogen and oxygen atoms in total. The number of nitrogens with zero attached hydrogens (tertiary/aromatic N) is 1. The van der Waals surface area contributed by atoms with Crippen LogP contribution >= 0.6 is 0 Å². The third kappa shape index (κ3) is 2.24. The van der Waals surface area contributed by atoms with Gasteiger partial charge in [0.05, 0.1) is 0 Å². The van der Waals surface area contributed by atoms with Gasteiger partial charge >= 0.3 is 5.69 Å². The Morgan fingerprint density at radius 2 is 2.38 bits per heavy atom. The number of anilines is 1. The minimum atomic E-state index is -0.258. The van der Waals surface area contributed by atoms with E-state index in [1.807, 2.05) is 0 Å². The predicted octanol–water partition coefficient (Wildman–Crippen LogP) is 0.626. The Labute approximate surface area is 94.7 Å². The summed E-state index contributed by atoms with van der Waals surface area (Å²) in [5.74, 6) is 0.736. The van der Waals surface area contributed by atoms with Gasteiger partial charge in [-0.15, -0.1) is 0 Å². The molecule has 0 aromatic carbocycles. The van der Waals surface area contributed by atoms with Crippen LogP contribution in [0.5, 0.6) is 0 Å². The third-order valence-corrected chi connectivity index (χ3v) is 2.97. The topological polar surface area (TPSA) is 69.8 Å². The Morgan fingerprint density at radius 3 is 3.12 bits per heavy atom. The number of nitrogens with one attached hydrogen (secondary N) is 3. The van der Waals surface area contributed by atoms with E-state index in [0.717, 1.165) is 43.0 Å². The summed E-state index contributed by atoms with van der Waals surface area (Å²) in [6.45, 7) is 5.88. The fourth-order valence-electron chi connectivity index (χ4n) is 1.83. The molecule has 0 aliphatic carbocycles. The number of hydrogen-bond donors (Lipinski definition) is 3. The van der Waals surface area contributed by atoms with Crippen molar-refractivity contribution >= 4 is 5.82 Å². The van der Waals surface area contributed by atoms with Gasteiger partial charge < -0.3 is 15.6 Å². The van der Waals surface area contributed by atoms with E-state index in [2.05, 4.69) is 34.4 Å². The van der Waals surface area contributed by atoms with Crippen LogP contribution in [0.2, 0.25) is 0 Å². The number of H-pyrrole nitrogens is 1. The predicted molar refractivity (Wildman–Crippen MR) is 63.6 cm³/mol. The fourth-order valence-corrected chi connectivity index (χ4v) is 1.83. The molecule has 0 spiro atoms. The van der Waals surface area contributed by atoms with Gasteiger partial charge in [-0.25, -0.2) is 4.79 Å². The van der Waals surface area contributed by atoms with Gasteiger partial charge in [0.1, 0.15) is 5.82 Å². The van der Waals surface area contributed by atoms with Crippen LogP contribution in [-0.2, 0) is 13.0 Å². The van der Waals surface area contributed by atoms with E-state index in [1.54, 1.807) is 0 Å². The zero-order chi connectivity index (χ0) is 11.5. The quantitative estimate of drug-likeness (QED) is 0.701. The lowest BCUT2D eigenvalue weighted by molar-refractivity contribution is 0.621. The number of hydrogen-bond acceptors (Lipinski definition) is 4. The highest BCUT2D eigenvalue weighted by Gasteiger charge is 2.16. The van der Waals surface area contributed by atoms with Gasteiger partial charge in [-0.1, -0.05) is 6.92 Å². The Kier molecular flexibility index (Phi) is 3.24. The Hall–Kier alpha value is -1.36. The summed E-state index contributed by atoms with van der Waals surface area (Å²) in [5.41, 5.74) is 1.86. The van der Waals surface area contributed by atoms with Crippen molar-refractivity contribution in [3.8, 4) is 0 Å². The van der Waals surface area contributed by atoms with E-state index in [0.29, 0.717) is 6.04 Å². The van der Waals surface area contributed by atoms with E-state index in [-0.39, 0.29) is 5.69 Å². The molecule has 0 saturated heterocycles. The van der Waals surface area contributed by atoms with Crippen LogP contribution in [-0.4, -0.2) is 22.6 Å². The molecule has 1 aliphatic rings. The maximum atomic E-state index is 11.4. The maximum Gasteiger partial charge on any atom is 0.347 e. The molecule has 1 atom stereocenters. The molecule has 3 N–H and O–H groups in total. The molecular weight excluding hydrogens is 204 g/mol. The largest absolute Gasteiger partial charge is 0.367 e. The summed E-state index contributed by atoms with van der Waals surface area (Å²) in [6.07, 6.45) is 1.87. The third-order valence-electron chi connectivity index (χ3n) is 2.97. The highest BCUT2D eigenvalue weighted by Crippen LogP contribution is 2.18. The summed E-state index contributed by atoms with van der Waals surface area (Å²) < 4.78 is 0. The Morgan fingerprint density at radius 1 is 1.56 bits per heavy atom. The van der Waals surface area contributed by atoms with E-state index in [1.165, 1.54) is 0 Å². The lowest BCUT2D eigenvalue weighted by Gasteiger charge is -2.21. The van der Waals surface area contributed by atoms with E-state index in [9.17, 15) is 4.79 Å². The summed E-state index contributed by atoms with van der Waals surface area (Å²) in [5, 5.41) is 6.58. The highest BCUT2D eigenvalue weighted by atomic mass is 16.1. The van der Waals surface area contributed by atoms with E-state index >= 15 is 0 Å². The van der Waals surface area contributed by atoms with Crippen molar-refractivity contribution in [3.63, 3.8) is 0 Å². The monoisotopic (exact) mass is 222 g/mol. The number of aromatic amines is 1. The molecule has 0 amide bonds. The minimum Gasteiger partial charge on any atom is -0.367 e. The summed E-state index contributed by atoms with van der Waals surface area (Å²) in [7, 11) is 0. The SMILES string of the molecule is CCC(C)Nc1nc(=O)[nH]c2c1CNCC2. The van der Waals surface area contributed by atoms with E-state index < -0.39 is 0 Å². The fraction of sp³-hybridized carbons (Fsp3) is 0.636. The first kappa shape index (κ1) is 11.1. The van der Waals surface area contributed by atoms with E-state index in [4.69, 9.17) is 0 Å². The van der Waals surface area contributed by atoms with Crippen molar-refractivity contribution in [2.45, 2.75) is 39.3 Å². The standard InChI is InChI=1S/C11H18N4O/c1-3-7(2)13-10-8-6-12-5-4-9(8)14-11(16)15-10/h7,12H,3-6H2,1-2H3,(H2,13,14,15,16). The second-order valence-corrected chi connectivity index (χ2v) is 4.23. The van der Waals surface area contributed by atoms with Crippen LogP contribution in [0.25, 0.3) is 0 Å². The highest BCUT2D eigenvalue weighted by molar-refractivity contribution is 5.47. The normalized spacial score (nSPS) is 16.6.